The fourth-order valence-electron chi connectivity index (χ4n) is 2.16. The van der Waals surface area contributed by atoms with Crippen LogP contribution in [0.5, 0.6) is 0 Å². The number of aliphatic hydroxyl groups excluding tert-OH is 1. The van der Waals surface area contributed by atoms with Gasteiger partial charge < -0.3 is 29.8 Å². The molecule has 0 aliphatic heterocycles. The maximum absolute atomic E-state index is 11.1. The lowest BCUT2D eigenvalue weighted by molar-refractivity contribution is -0.159. The Morgan fingerprint density at radius 3 is 1.52 bits per heavy atom. The lowest BCUT2D eigenvalue weighted by Gasteiger charge is -2.29. The van der Waals surface area contributed by atoms with E-state index in [1.165, 1.54) is 12.2 Å². The van der Waals surface area contributed by atoms with E-state index in [1.807, 2.05) is 6.07 Å². The van der Waals surface area contributed by atoms with Crippen molar-refractivity contribution >= 4 is 36.2 Å². The zero-order chi connectivity index (χ0) is 30.8. The van der Waals surface area contributed by atoms with Crippen molar-refractivity contribution in [2.24, 2.45) is 21.1 Å². The zero-order valence-electron chi connectivity index (χ0n) is 21.9. The van der Waals surface area contributed by atoms with Crippen LogP contribution in [0.15, 0.2) is 78.3 Å². The second-order valence-electron chi connectivity index (χ2n) is 7.07. The van der Waals surface area contributed by atoms with Gasteiger partial charge in [-0.3, -0.25) is 0 Å². The van der Waals surface area contributed by atoms with Gasteiger partial charge in [0.25, 0.3) is 0 Å². The number of isocyanates is 2. The number of rotatable bonds is 14. The fraction of sp³-hybridized carbons (Fsp3) is 0.308. The van der Waals surface area contributed by atoms with Gasteiger partial charge in [-0.05, 0) is 12.5 Å². The second kappa shape index (κ2) is 23.0. The van der Waals surface area contributed by atoms with E-state index in [9.17, 15) is 33.9 Å². The first kappa shape index (κ1) is 37.0. The lowest BCUT2D eigenvalue weighted by atomic mass is 9.92. The average Bonchev–Trinajstić information content (AvgIpc) is 2.97. The first-order valence-electron chi connectivity index (χ1n) is 11.2. The van der Waals surface area contributed by atoms with E-state index in [4.69, 9.17) is 14.2 Å². The Hall–Kier alpha value is -5.16. The fourth-order valence-corrected chi connectivity index (χ4v) is 2.16. The summed E-state index contributed by atoms with van der Waals surface area (Å²) in [5.74, 6) is -2.17. The molecule has 216 valence electrons. The van der Waals surface area contributed by atoms with Crippen LogP contribution in [0, 0.1) is 5.41 Å². The van der Waals surface area contributed by atoms with Gasteiger partial charge in [0, 0.05) is 18.2 Å². The lowest BCUT2D eigenvalue weighted by Crippen LogP contribution is -2.42. The molecule has 0 saturated carbocycles. The van der Waals surface area contributed by atoms with Crippen LogP contribution >= 0.6 is 0 Å². The summed E-state index contributed by atoms with van der Waals surface area (Å²) in [6.07, 6.45) is 4.00. The van der Waals surface area contributed by atoms with Gasteiger partial charge in [0.05, 0.1) is 18.6 Å². The number of carbonyl (C=O) groups is 4. The highest BCUT2D eigenvalue weighted by molar-refractivity contribution is 5.82. The number of ether oxygens (including phenoxy) is 4. The van der Waals surface area contributed by atoms with Gasteiger partial charge in [-0.25, -0.2) is 28.8 Å². The number of carbonyl (C=O) groups excluding carboxylic acids is 6. The summed E-state index contributed by atoms with van der Waals surface area (Å²) in [6.45, 7) is 10.2. The van der Waals surface area contributed by atoms with Crippen LogP contribution in [-0.2, 0) is 42.9 Å². The van der Waals surface area contributed by atoms with Crippen molar-refractivity contribution in [2.45, 2.75) is 13.1 Å². The number of hydrogen-bond donors (Lipinski definition) is 2. The van der Waals surface area contributed by atoms with Crippen molar-refractivity contribution in [3.63, 3.8) is 0 Å². The highest BCUT2D eigenvalue weighted by Crippen LogP contribution is 2.20. The molecule has 0 spiro atoms. The number of esters is 3. The molecule has 1 amide bonds. The van der Waals surface area contributed by atoms with Crippen molar-refractivity contribution in [3.8, 4) is 0 Å². The molecule has 0 aromatic heterocycles. The predicted molar refractivity (Wildman–Crippen MR) is 140 cm³/mol. The minimum Gasteiger partial charge on any atom is -0.462 e. The summed E-state index contributed by atoms with van der Waals surface area (Å²) in [5.41, 5.74) is 3.92. The maximum atomic E-state index is 11.1. The van der Waals surface area contributed by atoms with E-state index >= 15 is 0 Å². The second-order valence-corrected chi connectivity index (χ2v) is 7.07. The van der Waals surface area contributed by atoms with Crippen LogP contribution in [0.1, 0.15) is 18.7 Å². The average molecular weight is 562 g/mol. The summed E-state index contributed by atoms with van der Waals surface area (Å²) in [7, 11) is 0. The molecule has 0 heterocycles. The molecule has 40 heavy (non-hydrogen) atoms. The van der Waals surface area contributed by atoms with Crippen LogP contribution in [0.2, 0.25) is 0 Å². The summed E-state index contributed by atoms with van der Waals surface area (Å²) < 4.78 is 18.7. The van der Waals surface area contributed by atoms with Crippen LogP contribution in [0.4, 0.5) is 4.79 Å². The maximum Gasteiger partial charge on any atom is 0.404 e. The van der Waals surface area contributed by atoms with Crippen LogP contribution in [0.3, 0.4) is 0 Å². The van der Waals surface area contributed by atoms with Crippen molar-refractivity contribution < 1.29 is 52.8 Å². The third-order valence-electron chi connectivity index (χ3n) is 4.13. The molecule has 0 fully saturated rings. The number of hydrogen-bond acceptors (Lipinski definition) is 13. The molecule has 0 aliphatic carbocycles. The van der Waals surface area contributed by atoms with E-state index in [-0.39, 0.29) is 19.8 Å². The van der Waals surface area contributed by atoms with Crippen LogP contribution < -0.4 is 5.73 Å². The summed E-state index contributed by atoms with van der Waals surface area (Å²) >= 11 is 0. The zero-order valence-corrected chi connectivity index (χ0v) is 21.9. The number of aliphatic hydroxyl groups is 1. The van der Waals surface area contributed by atoms with Gasteiger partial charge in [-0.15, -0.1) is 0 Å². The quantitative estimate of drug-likeness (QED) is 0.109. The van der Waals surface area contributed by atoms with Gasteiger partial charge in [0.1, 0.15) is 19.8 Å². The molecular formula is C26H31N3O11. The number of primary amides is 1. The van der Waals surface area contributed by atoms with Gasteiger partial charge in [-0.1, -0.05) is 50.1 Å². The Balaban J connectivity index is 0. The van der Waals surface area contributed by atoms with Gasteiger partial charge >= 0.3 is 24.0 Å². The topological polar surface area (TPSA) is 210 Å². The molecule has 0 bridgehead atoms. The van der Waals surface area contributed by atoms with Crippen LogP contribution in [-0.4, -0.2) is 74.3 Å². The molecule has 1 aromatic carbocycles. The van der Waals surface area contributed by atoms with Crippen molar-refractivity contribution in [2.75, 3.05) is 33.0 Å². The largest absolute Gasteiger partial charge is 0.462 e. The van der Waals surface area contributed by atoms with E-state index in [0.29, 0.717) is 12.2 Å². The molecule has 0 aliphatic rings. The number of benzene rings is 1. The third kappa shape index (κ3) is 18.1. The molecule has 1 rings (SSSR count). The SMILES string of the molecule is C=CC(=O)OCC(CO)(COC(=O)C=C)COC(=O)C=C.CCOC(N)=O.O=C=NC(N=C=O)c1ccccc1. The number of aliphatic imine (C=N–C) groups is 2. The molecule has 0 radical (unpaired) electrons. The van der Waals surface area contributed by atoms with Crippen molar-refractivity contribution in [1.82, 2.24) is 0 Å². The molecule has 14 heteroatoms. The Morgan fingerprint density at radius 2 is 1.27 bits per heavy atom. The molecule has 3 N–H and O–H groups in total. The molecule has 0 unspecified atom stereocenters. The van der Waals surface area contributed by atoms with E-state index < -0.39 is 42.2 Å². The smallest absolute Gasteiger partial charge is 0.404 e. The standard InChI is InChI=1S/C14H18O7.C9H6N2O2.C3H7NO2/c1-4-11(16)19-8-14(7-15,9-20-12(17)5-2)10-21-13(18)6-3;12-6-10-9(11-7-13)8-4-2-1-3-5-8;1-2-6-3(4)5/h4-6,15H,1-3,7-10H2;1-5,9H;2H2,1H3,(H2,4,5). The number of nitrogens with two attached hydrogens (primary N) is 1. The van der Waals surface area contributed by atoms with Gasteiger partial charge in [0.15, 0.2) is 6.17 Å². The van der Waals surface area contributed by atoms with Crippen molar-refractivity contribution in [3.05, 3.63) is 73.9 Å². The number of amides is 1. The van der Waals surface area contributed by atoms with Crippen molar-refractivity contribution in [1.29, 1.82) is 0 Å². The Bertz CT molecular complexity index is 999. The Morgan fingerprint density at radius 1 is 0.875 bits per heavy atom. The normalized spacial score (nSPS) is 9.95. The minimum absolute atomic E-state index is 0.330. The minimum atomic E-state index is -1.28. The molecule has 0 saturated heterocycles. The highest BCUT2D eigenvalue weighted by Gasteiger charge is 2.35. The predicted octanol–water partition coefficient (Wildman–Crippen LogP) is 1.61. The van der Waals surface area contributed by atoms with E-state index in [0.717, 1.165) is 18.2 Å². The molecule has 14 nitrogen and oxygen atoms in total. The highest BCUT2D eigenvalue weighted by atomic mass is 16.6. The first-order valence-corrected chi connectivity index (χ1v) is 11.2. The van der Waals surface area contributed by atoms with Gasteiger partial charge in [0.2, 0.25) is 12.2 Å². The Labute approximate surface area is 230 Å². The van der Waals surface area contributed by atoms with E-state index in [1.54, 1.807) is 31.2 Å². The van der Waals surface area contributed by atoms with E-state index in [2.05, 4.69) is 40.2 Å². The van der Waals surface area contributed by atoms with Crippen LogP contribution in [0.25, 0.3) is 0 Å². The number of nitrogens with zero attached hydrogens (tertiary/aromatic N) is 2. The molecular weight excluding hydrogens is 530 g/mol. The van der Waals surface area contributed by atoms with Gasteiger partial charge in [-0.2, -0.15) is 9.98 Å². The molecule has 0 atom stereocenters. The summed E-state index contributed by atoms with van der Waals surface area (Å²) in [4.78, 5) is 69.5. The monoisotopic (exact) mass is 561 g/mol. The molecule has 1 aromatic rings. The third-order valence-corrected chi connectivity index (χ3v) is 4.13. The summed E-state index contributed by atoms with van der Waals surface area (Å²) in [5, 5.41) is 9.48. The first-order chi connectivity index (χ1) is 19.1. The summed E-state index contributed by atoms with van der Waals surface area (Å²) in [6, 6.07) is 8.78. The Kier molecular flexibility index (Phi) is 21.3.